The van der Waals surface area contributed by atoms with Gasteiger partial charge in [0.1, 0.15) is 0 Å². The van der Waals surface area contributed by atoms with Crippen LogP contribution in [0.2, 0.25) is 0 Å². The minimum Gasteiger partial charge on any atom is -0.344 e. The molecule has 2 atom stereocenters. The Balaban J connectivity index is 1.82. The van der Waals surface area contributed by atoms with E-state index in [1.54, 1.807) is 24.5 Å². The van der Waals surface area contributed by atoms with Gasteiger partial charge in [-0.1, -0.05) is 40.2 Å². The van der Waals surface area contributed by atoms with Crippen LogP contribution in [0, 0.1) is 0 Å². The van der Waals surface area contributed by atoms with Crippen molar-refractivity contribution in [1.29, 1.82) is 0 Å². The number of hydrogen-bond acceptors (Lipinski definition) is 2. The Hall–Kier alpha value is -1.68. The molecule has 19 heavy (non-hydrogen) atoms. The summed E-state index contributed by atoms with van der Waals surface area (Å²) < 4.78 is 0. The highest BCUT2D eigenvalue weighted by Crippen LogP contribution is 2.35. The van der Waals surface area contributed by atoms with Crippen molar-refractivity contribution in [1.82, 2.24) is 10.3 Å². The number of alkyl halides is 1. The van der Waals surface area contributed by atoms with Crippen molar-refractivity contribution in [3.63, 3.8) is 0 Å². The Morgan fingerprint density at radius 2 is 2.11 bits per heavy atom. The number of fused-ring (bicyclic) bond motifs is 1. The number of aromatic nitrogens is 1. The average Bonchev–Trinajstić information content (AvgIpc) is 2.76. The number of carbonyl (C=O) groups excluding carboxylic acids is 1. The van der Waals surface area contributed by atoms with Crippen LogP contribution >= 0.6 is 15.9 Å². The highest BCUT2D eigenvalue weighted by atomic mass is 79.9. The Labute approximate surface area is 120 Å². The minimum absolute atomic E-state index is 0.0175. The topological polar surface area (TPSA) is 42.0 Å². The number of rotatable bonds is 2. The van der Waals surface area contributed by atoms with Gasteiger partial charge in [-0.25, -0.2) is 0 Å². The lowest BCUT2D eigenvalue weighted by Crippen LogP contribution is -2.31. The number of benzene rings is 1. The van der Waals surface area contributed by atoms with Gasteiger partial charge in [0.25, 0.3) is 5.91 Å². The zero-order chi connectivity index (χ0) is 13.2. The molecule has 1 heterocycles. The van der Waals surface area contributed by atoms with Crippen LogP contribution in [0.5, 0.6) is 0 Å². The number of nitrogens with one attached hydrogen (secondary N) is 1. The molecule has 96 valence electrons. The first-order valence-electron chi connectivity index (χ1n) is 6.18. The number of hydrogen-bond donors (Lipinski definition) is 1. The molecule has 4 heteroatoms. The van der Waals surface area contributed by atoms with Gasteiger partial charge in [0.05, 0.1) is 11.6 Å². The van der Waals surface area contributed by atoms with E-state index in [0.717, 1.165) is 6.42 Å². The average molecular weight is 317 g/mol. The van der Waals surface area contributed by atoms with Crippen molar-refractivity contribution in [2.75, 3.05) is 0 Å². The van der Waals surface area contributed by atoms with Crippen LogP contribution in [0.25, 0.3) is 0 Å². The minimum atomic E-state index is -0.0840. The van der Waals surface area contributed by atoms with Gasteiger partial charge in [-0.2, -0.15) is 0 Å². The maximum Gasteiger partial charge on any atom is 0.253 e. The molecule has 0 radical (unpaired) electrons. The lowest BCUT2D eigenvalue weighted by atomic mass is 10.1. The maximum absolute atomic E-state index is 12.2. The van der Waals surface area contributed by atoms with Gasteiger partial charge in [-0.15, -0.1) is 0 Å². The second-order valence-corrected chi connectivity index (χ2v) is 5.79. The monoisotopic (exact) mass is 316 g/mol. The Kier molecular flexibility index (Phi) is 3.34. The normalized spacial score (nSPS) is 20.9. The number of amides is 1. The summed E-state index contributed by atoms with van der Waals surface area (Å²) in [7, 11) is 0. The number of carbonyl (C=O) groups is 1. The summed E-state index contributed by atoms with van der Waals surface area (Å²) in [6.07, 6.45) is 4.18. The molecule has 0 aliphatic heterocycles. The van der Waals surface area contributed by atoms with Crippen LogP contribution in [-0.4, -0.2) is 15.7 Å². The molecule has 0 bridgehead atoms. The molecule has 1 aromatic carbocycles. The smallest absolute Gasteiger partial charge is 0.253 e. The van der Waals surface area contributed by atoms with Gasteiger partial charge in [0.15, 0.2) is 0 Å². The lowest BCUT2D eigenvalue weighted by molar-refractivity contribution is 0.0937. The molecule has 3 rings (SSSR count). The van der Waals surface area contributed by atoms with E-state index >= 15 is 0 Å². The molecular formula is C15H13BrN2O. The van der Waals surface area contributed by atoms with E-state index in [1.807, 2.05) is 12.1 Å². The van der Waals surface area contributed by atoms with Gasteiger partial charge in [-0.05, 0) is 29.7 Å². The van der Waals surface area contributed by atoms with Crippen molar-refractivity contribution in [2.45, 2.75) is 17.3 Å². The molecule has 2 aromatic rings. The van der Waals surface area contributed by atoms with E-state index in [4.69, 9.17) is 0 Å². The van der Waals surface area contributed by atoms with Gasteiger partial charge < -0.3 is 5.32 Å². The van der Waals surface area contributed by atoms with Crippen LogP contribution < -0.4 is 5.32 Å². The molecule has 1 N–H and O–H groups in total. The van der Waals surface area contributed by atoms with E-state index in [-0.39, 0.29) is 16.8 Å². The first kappa shape index (κ1) is 12.4. The predicted molar refractivity (Wildman–Crippen MR) is 77.3 cm³/mol. The SMILES string of the molecule is O=C(NC1c2ccccc2CC1Br)c1cccnc1. The third-order valence-corrected chi connectivity index (χ3v) is 4.23. The first-order chi connectivity index (χ1) is 9.25. The van der Waals surface area contributed by atoms with E-state index in [1.165, 1.54) is 11.1 Å². The highest BCUT2D eigenvalue weighted by molar-refractivity contribution is 9.09. The van der Waals surface area contributed by atoms with Crippen molar-refractivity contribution in [3.05, 3.63) is 65.5 Å². The van der Waals surface area contributed by atoms with Gasteiger partial charge in [0.2, 0.25) is 0 Å². The van der Waals surface area contributed by atoms with Crippen LogP contribution in [0.3, 0.4) is 0 Å². The first-order valence-corrected chi connectivity index (χ1v) is 7.10. The molecule has 1 amide bonds. The molecule has 1 aliphatic rings. The van der Waals surface area contributed by atoms with Crippen LogP contribution in [-0.2, 0) is 6.42 Å². The predicted octanol–water partition coefficient (Wildman–Crippen LogP) is 2.87. The summed E-state index contributed by atoms with van der Waals surface area (Å²) in [5, 5.41) is 3.08. The third-order valence-electron chi connectivity index (χ3n) is 3.38. The second kappa shape index (κ2) is 5.13. The number of pyridine rings is 1. The molecular weight excluding hydrogens is 304 g/mol. The fourth-order valence-electron chi connectivity index (χ4n) is 2.44. The van der Waals surface area contributed by atoms with Crippen LogP contribution in [0.1, 0.15) is 27.5 Å². The van der Waals surface area contributed by atoms with E-state index in [0.29, 0.717) is 5.56 Å². The van der Waals surface area contributed by atoms with Gasteiger partial charge >= 0.3 is 0 Å². The fourth-order valence-corrected chi connectivity index (χ4v) is 3.20. The van der Waals surface area contributed by atoms with E-state index in [9.17, 15) is 4.79 Å². The zero-order valence-corrected chi connectivity index (χ0v) is 11.8. The highest BCUT2D eigenvalue weighted by Gasteiger charge is 2.31. The number of halogens is 1. The van der Waals surface area contributed by atoms with Crippen molar-refractivity contribution < 1.29 is 4.79 Å². The van der Waals surface area contributed by atoms with Crippen LogP contribution in [0.15, 0.2) is 48.8 Å². The number of nitrogens with zero attached hydrogens (tertiary/aromatic N) is 1. The maximum atomic E-state index is 12.2. The van der Waals surface area contributed by atoms with E-state index < -0.39 is 0 Å². The lowest BCUT2D eigenvalue weighted by Gasteiger charge is -2.17. The van der Waals surface area contributed by atoms with Gasteiger partial charge in [-0.3, -0.25) is 9.78 Å². The molecule has 0 saturated carbocycles. The summed E-state index contributed by atoms with van der Waals surface area (Å²) in [4.78, 5) is 16.4. The molecule has 1 aliphatic carbocycles. The molecule has 2 unspecified atom stereocenters. The van der Waals surface area contributed by atoms with Gasteiger partial charge in [0, 0.05) is 17.2 Å². The fraction of sp³-hybridized carbons (Fsp3) is 0.200. The third kappa shape index (κ3) is 2.40. The molecule has 0 fully saturated rings. The van der Waals surface area contributed by atoms with E-state index in [2.05, 4.69) is 38.4 Å². The largest absolute Gasteiger partial charge is 0.344 e. The van der Waals surface area contributed by atoms with Crippen molar-refractivity contribution in [3.8, 4) is 0 Å². The summed E-state index contributed by atoms with van der Waals surface area (Å²) in [6.45, 7) is 0. The summed E-state index contributed by atoms with van der Waals surface area (Å²) in [6, 6.07) is 11.8. The molecule has 3 nitrogen and oxygen atoms in total. The molecule has 0 spiro atoms. The Morgan fingerprint density at radius 1 is 1.26 bits per heavy atom. The van der Waals surface area contributed by atoms with Crippen LogP contribution in [0.4, 0.5) is 0 Å². The summed E-state index contributed by atoms with van der Waals surface area (Å²) in [5.41, 5.74) is 3.08. The molecule has 0 saturated heterocycles. The second-order valence-electron chi connectivity index (χ2n) is 4.61. The summed E-state index contributed by atoms with van der Waals surface area (Å²) in [5.74, 6) is -0.0840. The Bertz CT molecular complexity index is 600. The Morgan fingerprint density at radius 3 is 2.89 bits per heavy atom. The zero-order valence-electron chi connectivity index (χ0n) is 10.2. The standard InChI is InChI=1S/C15H13BrN2O/c16-13-8-10-4-1-2-6-12(10)14(13)18-15(19)11-5-3-7-17-9-11/h1-7,9,13-14H,8H2,(H,18,19). The molecule has 1 aromatic heterocycles. The summed E-state index contributed by atoms with van der Waals surface area (Å²) >= 11 is 3.66. The van der Waals surface area contributed by atoms with Crippen molar-refractivity contribution >= 4 is 21.8 Å². The quantitative estimate of drug-likeness (QED) is 0.866. The van der Waals surface area contributed by atoms with Crippen molar-refractivity contribution in [2.24, 2.45) is 0 Å².